The van der Waals surface area contributed by atoms with Crippen LogP contribution in [0, 0.1) is 0 Å². The van der Waals surface area contributed by atoms with Gasteiger partial charge in [-0.15, -0.1) is 0 Å². The van der Waals surface area contributed by atoms with Crippen molar-refractivity contribution in [2.75, 3.05) is 6.16 Å². The highest BCUT2D eigenvalue weighted by Gasteiger charge is 2.68. The van der Waals surface area contributed by atoms with Crippen LogP contribution in [0.4, 0.5) is 0 Å². The molecule has 74 valence electrons. The van der Waals surface area contributed by atoms with Gasteiger partial charge in [-0.1, -0.05) is 6.08 Å². The fourth-order valence-electron chi connectivity index (χ4n) is 1.10. The van der Waals surface area contributed by atoms with Crippen molar-refractivity contribution in [3.63, 3.8) is 0 Å². The number of fused-ring (bicyclic) bond motifs is 1. The Balaban J connectivity index is 1.80. The minimum atomic E-state index is -2.31. The summed E-state index contributed by atoms with van der Waals surface area (Å²) in [6, 6.07) is 0. The molecule has 0 amide bonds. The van der Waals surface area contributed by atoms with E-state index in [0.29, 0.717) is 11.5 Å². The second-order valence-electron chi connectivity index (χ2n) is 2.97. The lowest BCUT2D eigenvalue weighted by Gasteiger charge is -1.98. The lowest BCUT2D eigenvalue weighted by molar-refractivity contribution is -0.250. The third kappa shape index (κ3) is 1.30. The van der Waals surface area contributed by atoms with Crippen LogP contribution < -0.4 is 0 Å². The van der Waals surface area contributed by atoms with E-state index in [4.69, 9.17) is 0 Å². The first-order valence-electron chi connectivity index (χ1n) is 3.98. The Hall–Kier alpha value is -1.35. The maximum absolute atomic E-state index is 11.2. The maximum atomic E-state index is 11.2. The van der Waals surface area contributed by atoms with Crippen LogP contribution in [0.15, 0.2) is 22.8 Å². The summed E-state index contributed by atoms with van der Waals surface area (Å²) in [4.78, 5) is 30.0. The van der Waals surface area contributed by atoms with Gasteiger partial charge in [0.1, 0.15) is 5.31 Å². The molecule has 0 radical (unpaired) electrons. The summed E-state index contributed by atoms with van der Waals surface area (Å²) in [7, 11) is -2.31. The van der Waals surface area contributed by atoms with Crippen LogP contribution in [0.1, 0.15) is 6.92 Å². The number of carbonyl (C=O) groups is 2. The third-order valence-corrected chi connectivity index (χ3v) is 4.57. The zero-order chi connectivity index (χ0) is 10.3. The fourth-order valence-corrected chi connectivity index (χ4v) is 3.35. The molecule has 1 fully saturated rings. The van der Waals surface area contributed by atoms with Crippen LogP contribution in [-0.4, -0.2) is 18.1 Å². The Labute approximate surface area is 79.7 Å². The van der Waals surface area contributed by atoms with Crippen LogP contribution in [0.5, 0.6) is 0 Å². The molecule has 2 aliphatic heterocycles. The average Bonchev–Trinajstić information content (AvgIpc) is 2.90. The van der Waals surface area contributed by atoms with E-state index in [1.165, 1.54) is 6.08 Å². The minimum absolute atomic E-state index is 0.228. The van der Waals surface area contributed by atoms with Crippen molar-refractivity contribution in [1.29, 1.82) is 0 Å². The van der Waals surface area contributed by atoms with E-state index in [0.717, 1.165) is 6.08 Å². The van der Waals surface area contributed by atoms with Gasteiger partial charge in [-0.3, -0.25) is 0 Å². The Morgan fingerprint density at radius 1 is 1.43 bits per heavy atom. The summed E-state index contributed by atoms with van der Waals surface area (Å²) in [5.41, 5.74) is 0. The summed E-state index contributed by atoms with van der Waals surface area (Å²) in [6.07, 6.45) is 3.09. The average molecular weight is 214 g/mol. The first-order valence-corrected chi connectivity index (χ1v) is 5.87. The Kier molecular flexibility index (Phi) is 1.86. The van der Waals surface area contributed by atoms with Crippen molar-refractivity contribution in [3.05, 3.63) is 22.8 Å². The zero-order valence-corrected chi connectivity index (χ0v) is 8.24. The van der Waals surface area contributed by atoms with E-state index in [2.05, 4.69) is 9.78 Å². The molecule has 1 atom stereocenters. The number of hydrogen-bond acceptors (Lipinski definition) is 5. The van der Waals surface area contributed by atoms with Gasteiger partial charge >= 0.3 is 11.9 Å². The highest BCUT2D eigenvalue weighted by Crippen LogP contribution is 2.93. The fraction of sp³-hybridized carbons (Fsp3) is 0.250. The van der Waals surface area contributed by atoms with Gasteiger partial charge in [0.05, 0.1) is 0 Å². The highest BCUT2D eigenvalue weighted by atomic mass is 31.2. The normalized spacial score (nSPS) is 27.2. The molecule has 0 saturated carbocycles. The van der Waals surface area contributed by atoms with E-state index >= 15 is 0 Å². The molecule has 2 rings (SSSR count). The predicted octanol–water partition coefficient (Wildman–Crippen LogP) is 1.17. The summed E-state index contributed by atoms with van der Waals surface area (Å²) in [5, 5.41) is 0.912. The minimum Gasteiger partial charge on any atom is -0.313 e. The smallest absolute Gasteiger partial charge is 0.313 e. The Morgan fingerprint density at radius 2 is 2.07 bits per heavy atom. The van der Waals surface area contributed by atoms with E-state index in [9.17, 15) is 14.2 Å². The number of allylic oxidation sites excluding steroid dienone is 2. The van der Waals surface area contributed by atoms with Crippen molar-refractivity contribution in [2.24, 2.45) is 0 Å². The third-order valence-electron chi connectivity index (χ3n) is 1.99. The van der Waals surface area contributed by atoms with Gasteiger partial charge in [0.2, 0.25) is 0 Å². The molecule has 0 aromatic carbocycles. The van der Waals surface area contributed by atoms with Crippen molar-refractivity contribution in [2.45, 2.75) is 6.92 Å². The van der Waals surface area contributed by atoms with Gasteiger partial charge in [-0.2, -0.15) is 0 Å². The van der Waals surface area contributed by atoms with Gasteiger partial charge in [0.25, 0.3) is 0 Å². The van der Waals surface area contributed by atoms with E-state index < -0.39 is 19.1 Å². The highest BCUT2D eigenvalue weighted by molar-refractivity contribution is 7.90. The summed E-state index contributed by atoms with van der Waals surface area (Å²) < 4.78 is 11.2. The lowest BCUT2D eigenvalue weighted by atomic mass is 10.5. The van der Waals surface area contributed by atoms with Crippen molar-refractivity contribution < 1.29 is 23.9 Å². The predicted molar refractivity (Wildman–Crippen MR) is 46.5 cm³/mol. The van der Waals surface area contributed by atoms with Crippen molar-refractivity contribution in [3.8, 4) is 0 Å². The van der Waals surface area contributed by atoms with E-state index in [-0.39, 0.29) is 5.31 Å². The molecule has 0 aromatic heterocycles. The molecule has 1 unspecified atom stereocenters. The maximum Gasteiger partial charge on any atom is 0.390 e. The molecular formula is C8H7O5P. The standard InChI is InChI=1S/C8H7O5P/c1-2-3-6(9)12-13-8(10)7-5-4-14(5,7)11/h2-3H,4H2,1H3/b3-2+. The molecule has 0 N–H and O–H groups in total. The van der Waals surface area contributed by atoms with E-state index in [1.807, 2.05) is 0 Å². The van der Waals surface area contributed by atoms with Gasteiger partial charge in [0, 0.05) is 17.6 Å². The van der Waals surface area contributed by atoms with Crippen molar-refractivity contribution >= 4 is 19.1 Å². The summed E-state index contributed by atoms with van der Waals surface area (Å²) in [5.74, 6) is -1.56. The van der Waals surface area contributed by atoms with Gasteiger partial charge < -0.3 is 4.57 Å². The second kappa shape index (κ2) is 2.82. The number of carbonyl (C=O) groups excluding carboxylic acids is 2. The van der Waals surface area contributed by atoms with Gasteiger partial charge in [0.15, 0.2) is 7.14 Å². The molecule has 6 heteroatoms. The topological polar surface area (TPSA) is 69.7 Å². The quantitative estimate of drug-likeness (QED) is 0.298. The summed E-state index contributed by atoms with van der Waals surface area (Å²) >= 11 is 0. The van der Waals surface area contributed by atoms with E-state index in [1.54, 1.807) is 6.92 Å². The Bertz CT molecular complexity index is 431. The molecule has 14 heavy (non-hydrogen) atoms. The van der Waals surface area contributed by atoms with Gasteiger partial charge in [-0.25, -0.2) is 19.4 Å². The monoisotopic (exact) mass is 214 g/mol. The first-order chi connectivity index (χ1) is 6.59. The molecule has 5 nitrogen and oxygen atoms in total. The summed E-state index contributed by atoms with van der Waals surface area (Å²) in [6.45, 7) is 1.63. The van der Waals surface area contributed by atoms with Crippen LogP contribution in [0.25, 0.3) is 0 Å². The van der Waals surface area contributed by atoms with Crippen molar-refractivity contribution in [1.82, 2.24) is 0 Å². The molecule has 2 aliphatic rings. The zero-order valence-electron chi connectivity index (χ0n) is 7.35. The molecule has 0 bridgehead atoms. The largest absolute Gasteiger partial charge is 0.390 e. The van der Waals surface area contributed by atoms with Gasteiger partial charge in [-0.05, 0) is 6.92 Å². The first kappa shape index (κ1) is 9.21. The molecule has 0 aromatic rings. The molecule has 1 saturated heterocycles. The molecular weight excluding hydrogens is 207 g/mol. The van der Waals surface area contributed by atoms with Crippen LogP contribution >= 0.6 is 7.14 Å². The van der Waals surface area contributed by atoms with Crippen LogP contribution in [0.3, 0.4) is 0 Å². The lowest BCUT2D eigenvalue weighted by Crippen LogP contribution is -2.08. The number of rotatable bonds is 2. The Morgan fingerprint density at radius 3 is 2.50 bits per heavy atom. The number of hydrogen-bond donors (Lipinski definition) is 0. The molecule has 0 aliphatic carbocycles. The molecule has 2 heterocycles. The second-order valence-corrected chi connectivity index (χ2v) is 5.75. The van der Waals surface area contributed by atoms with Crippen LogP contribution in [0.2, 0.25) is 0 Å². The van der Waals surface area contributed by atoms with Crippen LogP contribution in [-0.2, 0) is 23.9 Å². The SMILES string of the molecule is C/C=C/C(=O)OOC(=O)C1=C2CP21=O. The molecule has 0 spiro atoms.